The van der Waals surface area contributed by atoms with Crippen LogP contribution >= 0.6 is 22.9 Å². The monoisotopic (exact) mass is 292 g/mol. The molecule has 17 heavy (non-hydrogen) atoms. The average Bonchev–Trinajstić information content (AvgIpc) is 2.85. The molecule has 0 atom stereocenters. The first-order valence-electron chi connectivity index (χ1n) is 4.59. The van der Waals surface area contributed by atoms with Crippen LogP contribution in [-0.4, -0.2) is 23.6 Å². The van der Waals surface area contributed by atoms with Crippen molar-refractivity contribution in [3.05, 3.63) is 28.1 Å². The lowest BCUT2D eigenvalue weighted by Gasteiger charge is -2.02. The maximum absolute atomic E-state index is 11.8. The summed E-state index contributed by atoms with van der Waals surface area (Å²) in [6.45, 7) is 2.00. The molecule has 0 unspecified atom stereocenters. The van der Waals surface area contributed by atoms with Crippen LogP contribution in [0.2, 0.25) is 4.47 Å². The lowest BCUT2D eigenvalue weighted by molar-refractivity contribution is 0.583. The minimum absolute atomic E-state index is 0.101. The summed E-state index contributed by atoms with van der Waals surface area (Å²) in [6, 6.07) is 0. The number of thiazole rings is 1. The quantitative estimate of drug-likeness (QED) is 0.889. The van der Waals surface area contributed by atoms with Gasteiger partial charge in [-0.2, -0.15) is 5.10 Å². The molecule has 0 aliphatic carbocycles. The van der Waals surface area contributed by atoms with Crippen LogP contribution in [0.3, 0.4) is 0 Å². The normalized spacial score (nSPS) is 11.9. The Labute approximate surface area is 107 Å². The van der Waals surface area contributed by atoms with Crippen LogP contribution in [-0.2, 0) is 16.6 Å². The van der Waals surface area contributed by atoms with E-state index in [1.54, 1.807) is 6.20 Å². The van der Waals surface area contributed by atoms with Crippen LogP contribution in [0.25, 0.3) is 0 Å². The molecule has 2 aromatic rings. The van der Waals surface area contributed by atoms with Gasteiger partial charge in [0.05, 0.1) is 12.4 Å². The van der Waals surface area contributed by atoms with Crippen LogP contribution in [0, 0.1) is 6.92 Å². The van der Waals surface area contributed by atoms with Crippen molar-refractivity contribution in [1.82, 2.24) is 19.9 Å². The summed E-state index contributed by atoms with van der Waals surface area (Å²) in [6.07, 6.45) is 2.81. The molecule has 2 rings (SSSR count). The summed E-state index contributed by atoms with van der Waals surface area (Å²) >= 11 is 6.51. The third-order valence-electron chi connectivity index (χ3n) is 2.11. The Balaban J connectivity index is 2.11. The summed E-state index contributed by atoms with van der Waals surface area (Å²) in [5, 5.41) is 6.54. The number of sulfonamides is 1. The molecule has 0 saturated carbocycles. The van der Waals surface area contributed by atoms with Gasteiger partial charge in [0.1, 0.15) is 0 Å². The Kier molecular flexibility index (Phi) is 3.48. The summed E-state index contributed by atoms with van der Waals surface area (Å²) < 4.78 is 26.4. The summed E-state index contributed by atoms with van der Waals surface area (Å²) in [5.41, 5.74) is 1.62. The predicted octanol–water partition coefficient (Wildman–Crippen LogP) is 1.31. The van der Waals surface area contributed by atoms with Gasteiger partial charge in [-0.25, -0.2) is 18.1 Å². The van der Waals surface area contributed by atoms with E-state index in [1.807, 2.05) is 6.92 Å². The van der Waals surface area contributed by atoms with E-state index in [9.17, 15) is 8.42 Å². The second kappa shape index (κ2) is 4.73. The molecule has 0 saturated heterocycles. The van der Waals surface area contributed by atoms with Gasteiger partial charge in [0.25, 0.3) is 10.0 Å². The van der Waals surface area contributed by atoms with E-state index < -0.39 is 10.0 Å². The predicted molar refractivity (Wildman–Crippen MR) is 64.5 cm³/mol. The Morgan fingerprint density at radius 1 is 1.53 bits per heavy atom. The lowest BCUT2D eigenvalue weighted by atomic mass is 10.3. The molecule has 0 amide bonds. The second-order valence-electron chi connectivity index (χ2n) is 3.28. The molecular weight excluding hydrogens is 284 g/mol. The van der Waals surface area contributed by atoms with E-state index >= 15 is 0 Å². The van der Waals surface area contributed by atoms with Crippen molar-refractivity contribution >= 4 is 33.0 Å². The van der Waals surface area contributed by atoms with Crippen LogP contribution in [0.4, 0.5) is 0 Å². The van der Waals surface area contributed by atoms with Crippen LogP contribution in [0.15, 0.2) is 16.6 Å². The molecule has 0 spiro atoms. The summed E-state index contributed by atoms with van der Waals surface area (Å²) in [7, 11) is -3.55. The van der Waals surface area contributed by atoms with Gasteiger partial charge in [0.2, 0.25) is 0 Å². The maximum atomic E-state index is 11.8. The number of nitrogens with one attached hydrogen (secondary N) is 2. The summed E-state index contributed by atoms with van der Waals surface area (Å²) in [4.78, 5) is 3.69. The van der Waals surface area contributed by atoms with E-state index in [4.69, 9.17) is 11.6 Å². The van der Waals surface area contributed by atoms with Crippen molar-refractivity contribution in [2.75, 3.05) is 0 Å². The van der Waals surface area contributed by atoms with E-state index in [-0.39, 0.29) is 15.2 Å². The average molecular weight is 293 g/mol. The standard InChI is InChI=1S/C8H9ClN4O2S2/c1-5-6(2-11-13-5)3-12-17(14,15)7-4-10-8(9)16-7/h2,4,12H,3H2,1H3,(H,11,13). The molecule has 2 aromatic heterocycles. The van der Waals surface area contributed by atoms with Crippen LogP contribution in [0.5, 0.6) is 0 Å². The largest absolute Gasteiger partial charge is 0.283 e. The zero-order chi connectivity index (χ0) is 12.5. The third kappa shape index (κ3) is 2.83. The van der Waals surface area contributed by atoms with E-state index in [2.05, 4.69) is 19.9 Å². The molecule has 2 heterocycles. The molecule has 0 fully saturated rings. The molecule has 0 bridgehead atoms. The molecule has 0 aliphatic rings. The molecule has 0 aliphatic heterocycles. The van der Waals surface area contributed by atoms with Gasteiger partial charge in [-0.15, -0.1) is 0 Å². The van der Waals surface area contributed by atoms with Crippen molar-refractivity contribution in [3.8, 4) is 0 Å². The second-order valence-corrected chi connectivity index (χ2v) is 6.88. The van der Waals surface area contributed by atoms with Crippen molar-refractivity contribution < 1.29 is 8.42 Å². The van der Waals surface area contributed by atoms with Gasteiger partial charge >= 0.3 is 0 Å². The Bertz CT molecular complexity index is 619. The number of aromatic amines is 1. The van der Waals surface area contributed by atoms with Crippen LogP contribution < -0.4 is 4.72 Å². The van der Waals surface area contributed by atoms with Gasteiger partial charge in [-0.3, -0.25) is 5.10 Å². The number of nitrogens with zero attached hydrogens (tertiary/aromatic N) is 2. The van der Waals surface area contributed by atoms with Crippen LogP contribution in [0.1, 0.15) is 11.3 Å². The van der Waals surface area contributed by atoms with Gasteiger partial charge in [0, 0.05) is 17.8 Å². The minimum Gasteiger partial charge on any atom is -0.283 e. The van der Waals surface area contributed by atoms with Gasteiger partial charge in [-0.05, 0) is 6.92 Å². The fourth-order valence-electron chi connectivity index (χ4n) is 1.16. The first kappa shape index (κ1) is 12.5. The Morgan fingerprint density at radius 3 is 2.82 bits per heavy atom. The third-order valence-corrected chi connectivity index (χ3v) is 5.09. The van der Waals surface area contributed by atoms with E-state index in [1.165, 1.54) is 6.20 Å². The Morgan fingerprint density at radius 2 is 2.29 bits per heavy atom. The molecule has 6 nitrogen and oxygen atoms in total. The number of aromatic nitrogens is 3. The van der Waals surface area contributed by atoms with Gasteiger partial charge in [0.15, 0.2) is 8.68 Å². The molecular formula is C8H9ClN4O2S2. The van der Waals surface area contributed by atoms with Crippen molar-refractivity contribution in [2.24, 2.45) is 0 Å². The van der Waals surface area contributed by atoms with Gasteiger partial charge < -0.3 is 0 Å². The molecule has 0 aromatic carbocycles. The maximum Gasteiger partial charge on any atom is 0.252 e. The van der Waals surface area contributed by atoms with E-state index in [0.717, 1.165) is 22.6 Å². The fourth-order valence-corrected chi connectivity index (χ4v) is 3.51. The van der Waals surface area contributed by atoms with Crippen molar-refractivity contribution in [2.45, 2.75) is 17.7 Å². The molecule has 9 heteroatoms. The zero-order valence-electron chi connectivity index (χ0n) is 8.77. The topological polar surface area (TPSA) is 87.7 Å². The number of rotatable bonds is 4. The smallest absolute Gasteiger partial charge is 0.252 e. The number of halogens is 1. The highest BCUT2D eigenvalue weighted by atomic mass is 35.5. The lowest BCUT2D eigenvalue weighted by Crippen LogP contribution is -2.22. The SMILES string of the molecule is Cc1[nH]ncc1CNS(=O)(=O)c1cnc(Cl)s1. The molecule has 92 valence electrons. The number of aryl methyl sites for hydroxylation is 1. The molecule has 2 N–H and O–H groups in total. The Hall–Kier alpha value is -0.960. The zero-order valence-corrected chi connectivity index (χ0v) is 11.2. The highest BCUT2D eigenvalue weighted by Crippen LogP contribution is 2.22. The highest BCUT2D eigenvalue weighted by Gasteiger charge is 2.17. The number of hydrogen-bond donors (Lipinski definition) is 2. The first-order valence-corrected chi connectivity index (χ1v) is 7.26. The van der Waals surface area contributed by atoms with E-state index in [0.29, 0.717) is 0 Å². The molecule has 0 radical (unpaired) electrons. The van der Waals surface area contributed by atoms with Crippen molar-refractivity contribution in [1.29, 1.82) is 0 Å². The van der Waals surface area contributed by atoms with Gasteiger partial charge in [-0.1, -0.05) is 22.9 Å². The first-order chi connectivity index (χ1) is 7.99. The number of H-pyrrole nitrogens is 1. The summed E-state index contributed by atoms with van der Waals surface area (Å²) in [5.74, 6) is 0. The minimum atomic E-state index is -3.55. The fraction of sp³-hybridized carbons (Fsp3) is 0.250. The highest BCUT2D eigenvalue weighted by molar-refractivity contribution is 7.91. The number of hydrogen-bond acceptors (Lipinski definition) is 5. The van der Waals surface area contributed by atoms with Crippen molar-refractivity contribution in [3.63, 3.8) is 0 Å².